The Morgan fingerprint density at radius 2 is 1.67 bits per heavy atom. The van der Waals surface area contributed by atoms with Crippen molar-refractivity contribution in [3.63, 3.8) is 0 Å². The maximum absolute atomic E-state index is 13.1. The molecule has 1 atom stereocenters. The fourth-order valence-corrected chi connectivity index (χ4v) is 7.81. The molecule has 1 fully saturated rings. The molecular formula is C34H44F5NO4S. The summed E-state index contributed by atoms with van der Waals surface area (Å²) < 4.78 is 93.8. The van der Waals surface area contributed by atoms with E-state index in [1.165, 1.54) is 27.8 Å². The molecule has 5 nitrogen and oxygen atoms in total. The van der Waals surface area contributed by atoms with Gasteiger partial charge in [-0.2, -0.15) is 22.0 Å². The summed E-state index contributed by atoms with van der Waals surface area (Å²) in [7, 11) is -3.77. The third kappa shape index (κ3) is 10.2. The van der Waals surface area contributed by atoms with Gasteiger partial charge in [-0.3, -0.25) is 4.90 Å². The lowest BCUT2D eigenvalue weighted by molar-refractivity contribution is -0.284. The molecule has 2 aromatic carbocycles. The molecule has 1 saturated heterocycles. The number of fused-ring (bicyclic) bond motifs is 1. The minimum atomic E-state index is -5.68. The van der Waals surface area contributed by atoms with Crippen LogP contribution in [0.1, 0.15) is 80.9 Å². The van der Waals surface area contributed by atoms with E-state index in [0.717, 1.165) is 57.9 Å². The minimum Gasteiger partial charge on any atom is -0.508 e. The van der Waals surface area contributed by atoms with Crippen LogP contribution in [0.25, 0.3) is 11.1 Å². The van der Waals surface area contributed by atoms with Gasteiger partial charge in [0.15, 0.2) is 0 Å². The topological polar surface area (TPSA) is 66.8 Å². The standard InChI is InChI=1S/C34H44F5NO4S/c35-33(36,34(37,38)39)18-9-22-45(42,43)23-17-28-25-44-21-20-40(28)19-7-2-1-6-13-32-30(26-10-4-3-5-11-26)14-8-12-27-24-29(41)15-16-31(27)32/h3-5,10-11,15-16,24,28,41H,1-2,6-9,12-14,17-23,25H2. The molecule has 250 valence electrons. The van der Waals surface area contributed by atoms with Crippen molar-refractivity contribution in [2.45, 2.75) is 88.8 Å². The molecule has 1 N–H and O–H groups in total. The maximum atomic E-state index is 13.1. The van der Waals surface area contributed by atoms with Crippen molar-refractivity contribution in [1.82, 2.24) is 4.90 Å². The summed E-state index contributed by atoms with van der Waals surface area (Å²) in [5.41, 5.74) is 6.39. The number of sulfone groups is 1. The summed E-state index contributed by atoms with van der Waals surface area (Å²) in [4.78, 5) is 2.21. The van der Waals surface area contributed by atoms with Gasteiger partial charge in [-0.25, -0.2) is 8.42 Å². The second kappa shape index (κ2) is 15.9. The quantitative estimate of drug-likeness (QED) is 0.155. The van der Waals surface area contributed by atoms with E-state index in [0.29, 0.717) is 25.5 Å². The fraction of sp³-hybridized carbons (Fsp3) is 0.588. The average Bonchev–Trinajstić information content (AvgIpc) is 3.17. The van der Waals surface area contributed by atoms with Gasteiger partial charge in [0.05, 0.1) is 24.7 Å². The molecule has 4 rings (SSSR count). The normalized spacial score (nSPS) is 18.6. The van der Waals surface area contributed by atoms with Crippen molar-refractivity contribution in [3.8, 4) is 5.75 Å². The van der Waals surface area contributed by atoms with Gasteiger partial charge in [-0.05, 0) is 97.9 Å². The highest BCUT2D eigenvalue weighted by Crippen LogP contribution is 2.40. The summed E-state index contributed by atoms with van der Waals surface area (Å²) in [5, 5.41) is 10.1. The number of morpholine rings is 1. The highest BCUT2D eigenvalue weighted by Gasteiger charge is 2.56. The zero-order chi connectivity index (χ0) is 32.5. The number of alkyl halides is 5. The monoisotopic (exact) mass is 657 g/mol. The smallest absolute Gasteiger partial charge is 0.453 e. The van der Waals surface area contributed by atoms with Crippen molar-refractivity contribution in [3.05, 3.63) is 65.2 Å². The molecule has 0 radical (unpaired) electrons. The van der Waals surface area contributed by atoms with Crippen LogP contribution in [-0.2, 0) is 21.0 Å². The summed E-state index contributed by atoms with van der Waals surface area (Å²) in [6, 6.07) is 16.1. The van der Waals surface area contributed by atoms with E-state index in [1.54, 1.807) is 6.07 Å². The van der Waals surface area contributed by atoms with Crippen LogP contribution in [0.3, 0.4) is 0 Å². The number of ether oxygens (including phenoxy) is 1. The number of nitrogens with zero attached hydrogens (tertiary/aromatic N) is 1. The Balaban J connectivity index is 1.25. The number of halogens is 5. The molecule has 2 aliphatic rings. The molecule has 2 aromatic rings. The van der Waals surface area contributed by atoms with Gasteiger partial charge in [0.1, 0.15) is 15.6 Å². The van der Waals surface area contributed by atoms with Gasteiger partial charge >= 0.3 is 12.1 Å². The Labute approximate surface area is 263 Å². The van der Waals surface area contributed by atoms with Gasteiger partial charge in [-0.15, -0.1) is 0 Å². The van der Waals surface area contributed by atoms with E-state index in [9.17, 15) is 35.5 Å². The van der Waals surface area contributed by atoms with Gasteiger partial charge in [0.2, 0.25) is 0 Å². The molecule has 1 aliphatic heterocycles. The maximum Gasteiger partial charge on any atom is 0.453 e. The predicted molar refractivity (Wildman–Crippen MR) is 167 cm³/mol. The van der Waals surface area contributed by atoms with Crippen LogP contribution in [0, 0.1) is 0 Å². The molecule has 0 spiro atoms. The van der Waals surface area contributed by atoms with E-state index < -0.39 is 40.5 Å². The lowest BCUT2D eigenvalue weighted by Gasteiger charge is -2.35. The highest BCUT2D eigenvalue weighted by molar-refractivity contribution is 7.91. The van der Waals surface area contributed by atoms with Crippen molar-refractivity contribution in [2.75, 3.05) is 37.8 Å². The number of aromatic hydroxyl groups is 1. The molecule has 11 heteroatoms. The molecule has 0 amide bonds. The van der Waals surface area contributed by atoms with Crippen molar-refractivity contribution < 1.29 is 40.2 Å². The zero-order valence-corrected chi connectivity index (χ0v) is 26.5. The Morgan fingerprint density at radius 3 is 2.42 bits per heavy atom. The molecule has 0 saturated carbocycles. The number of unbranched alkanes of at least 4 members (excludes halogenated alkanes) is 3. The van der Waals surface area contributed by atoms with Crippen molar-refractivity contribution in [1.29, 1.82) is 0 Å². The molecule has 1 aliphatic carbocycles. The van der Waals surface area contributed by atoms with Crippen molar-refractivity contribution >= 4 is 21.0 Å². The minimum absolute atomic E-state index is 0.136. The average molecular weight is 658 g/mol. The van der Waals surface area contributed by atoms with E-state index in [2.05, 4.69) is 29.2 Å². The molecule has 0 aromatic heterocycles. The summed E-state index contributed by atoms with van der Waals surface area (Å²) in [6.45, 7) is 2.36. The molecular weight excluding hydrogens is 613 g/mol. The Bertz CT molecular complexity index is 1380. The van der Waals surface area contributed by atoms with Crippen LogP contribution >= 0.6 is 0 Å². The fourth-order valence-electron chi connectivity index (χ4n) is 6.39. The number of benzene rings is 2. The summed E-state index contributed by atoms with van der Waals surface area (Å²) in [6.07, 6.45) is 0.185. The largest absolute Gasteiger partial charge is 0.508 e. The first kappa shape index (κ1) is 35.4. The van der Waals surface area contributed by atoms with Crippen LogP contribution in [0.4, 0.5) is 22.0 Å². The van der Waals surface area contributed by atoms with Crippen LogP contribution in [-0.4, -0.2) is 74.4 Å². The number of phenols is 1. The van der Waals surface area contributed by atoms with E-state index in [-0.39, 0.29) is 18.2 Å². The van der Waals surface area contributed by atoms with Crippen LogP contribution in [0.15, 0.2) is 48.5 Å². The summed E-state index contributed by atoms with van der Waals surface area (Å²) >= 11 is 0. The number of hydrogen-bond donors (Lipinski definition) is 1. The second-order valence-corrected chi connectivity index (χ2v) is 14.5. The molecule has 45 heavy (non-hydrogen) atoms. The SMILES string of the molecule is O=S(=O)(CCCC(F)(F)C(F)(F)F)CCC1COCCN1CCCCCCC1=C(c2ccccc2)CCCc2cc(O)ccc21. The van der Waals surface area contributed by atoms with E-state index in [1.807, 2.05) is 18.2 Å². The zero-order valence-electron chi connectivity index (χ0n) is 25.6. The number of rotatable bonds is 15. The van der Waals surface area contributed by atoms with Crippen LogP contribution in [0.2, 0.25) is 0 Å². The number of phenolic OH excluding ortho intramolecular Hbond substituents is 1. The molecule has 0 bridgehead atoms. The first-order valence-electron chi connectivity index (χ1n) is 15.9. The van der Waals surface area contributed by atoms with Gasteiger partial charge < -0.3 is 9.84 Å². The van der Waals surface area contributed by atoms with E-state index in [4.69, 9.17) is 4.74 Å². The molecule has 1 heterocycles. The second-order valence-electron chi connectivity index (χ2n) is 12.2. The third-order valence-electron chi connectivity index (χ3n) is 8.87. The first-order valence-corrected chi connectivity index (χ1v) is 17.7. The Kier molecular flexibility index (Phi) is 12.5. The summed E-state index contributed by atoms with van der Waals surface area (Å²) in [5.74, 6) is -5.56. The van der Waals surface area contributed by atoms with E-state index >= 15 is 0 Å². The number of allylic oxidation sites excluding steroid dienone is 2. The lowest BCUT2D eigenvalue weighted by Crippen LogP contribution is -2.46. The van der Waals surface area contributed by atoms with Crippen molar-refractivity contribution in [2.24, 2.45) is 0 Å². The Hall–Kier alpha value is -2.50. The lowest BCUT2D eigenvalue weighted by atomic mass is 9.89. The first-order chi connectivity index (χ1) is 21.4. The third-order valence-corrected chi connectivity index (χ3v) is 10.6. The van der Waals surface area contributed by atoms with Gasteiger partial charge in [0, 0.05) is 19.0 Å². The van der Waals surface area contributed by atoms with Gasteiger partial charge in [-0.1, -0.05) is 49.2 Å². The van der Waals surface area contributed by atoms with Crippen LogP contribution < -0.4 is 0 Å². The highest BCUT2D eigenvalue weighted by atomic mass is 32.2. The predicted octanol–water partition coefficient (Wildman–Crippen LogP) is 8.07. The van der Waals surface area contributed by atoms with Crippen LogP contribution in [0.5, 0.6) is 5.75 Å². The Morgan fingerprint density at radius 1 is 0.911 bits per heavy atom. The number of aryl methyl sites for hydroxylation is 1. The van der Waals surface area contributed by atoms with Gasteiger partial charge in [0.25, 0.3) is 0 Å². The number of hydrogen-bond acceptors (Lipinski definition) is 5. The molecule has 1 unspecified atom stereocenters.